The Morgan fingerprint density at radius 1 is 1.15 bits per heavy atom. The normalized spacial score (nSPS) is 10.9. The van der Waals surface area contributed by atoms with E-state index in [9.17, 15) is 8.78 Å². The molecule has 0 aliphatic heterocycles. The number of anilines is 1. The first-order valence-corrected chi connectivity index (χ1v) is 6.60. The summed E-state index contributed by atoms with van der Waals surface area (Å²) in [7, 11) is 0. The zero-order valence-electron chi connectivity index (χ0n) is 11.7. The molecule has 0 amide bonds. The number of nitrogens with zero attached hydrogens (tertiary/aromatic N) is 2. The van der Waals surface area contributed by atoms with Crippen LogP contribution in [0, 0.1) is 11.6 Å². The number of hydrogen-bond acceptors (Lipinski definition) is 3. The summed E-state index contributed by atoms with van der Waals surface area (Å²) in [5.74, 6) is -0.0474. The summed E-state index contributed by atoms with van der Waals surface area (Å²) < 4.78 is 27.7. The fourth-order valence-corrected chi connectivity index (χ4v) is 1.87. The van der Waals surface area contributed by atoms with E-state index < -0.39 is 11.6 Å². The third-order valence-corrected chi connectivity index (χ3v) is 2.84. The molecule has 0 bridgehead atoms. The lowest BCUT2D eigenvalue weighted by Crippen LogP contribution is -2.06. The van der Waals surface area contributed by atoms with Gasteiger partial charge in [-0.3, -0.25) is 0 Å². The summed E-state index contributed by atoms with van der Waals surface area (Å²) in [6.07, 6.45) is 0. The van der Waals surface area contributed by atoms with Crippen molar-refractivity contribution in [1.29, 1.82) is 0 Å². The fraction of sp³-hybridized carbons (Fsp3) is 0.333. The van der Waals surface area contributed by atoms with Gasteiger partial charge >= 0.3 is 0 Å². The predicted molar refractivity (Wildman–Crippen MR) is 75.6 cm³/mol. The average molecular weight is 277 g/mol. The van der Waals surface area contributed by atoms with Gasteiger partial charge in [-0.05, 0) is 19.1 Å². The second-order valence-electron chi connectivity index (χ2n) is 4.78. The number of rotatable bonds is 4. The minimum Gasteiger partial charge on any atom is -0.370 e. The van der Waals surface area contributed by atoms with E-state index >= 15 is 0 Å². The number of halogens is 2. The first-order valence-electron chi connectivity index (χ1n) is 6.60. The van der Waals surface area contributed by atoms with Crippen LogP contribution in [0.1, 0.15) is 32.5 Å². The summed E-state index contributed by atoms with van der Waals surface area (Å²) in [5, 5.41) is 3.06. The minimum atomic E-state index is -0.624. The van der Waals surface area contributed by atoms with Crippen molar-refractivity contribution in [3.05, 3.63) is 41.7 Å². The lowest BCUT2D eigenvalue weighted by Gasteiger charge is -2.12. The molecule has 5 heteroatoms. The van der Waals surface area contributed by atoms with E-state index in [0.717, 1.165) is 0 Å². The molecule has 1 N–H and O–H groups in total. The lowest BCUT2D eigenvalue weighted by atomic mass is 10.1. The first-order chi connectivity index (χ1) is 9.52. The quantitative estimate of drug-likeness (QED) is 0.918. The summed E-state index contributed by atoms with van der Waals surface area (Å²) in [6, 6.07) is 5.35. The van der Waals surface area contributed by atoms with Crippen molar-refractivity contribution in [3.8, 4) is 11.3 Å². The molecule has 0 aliphatic carbocycles. The maximum atomic E-state index is 13.9. The predicted octanol–water partition coefficient (Wildman–Crippen LogP) is 3.98. The molecule has 20 heavy (non-hydrogen) atoms. The second-order valence-corrected chi connectivity index (χ2v) is 4.78. The maximum Gasteiger partial charge on any atom is 0.135 e. The molecule has 0 atom stereocenters. The van der Waals surface area contributed by atoms with Crippen LogP contribution in [-0.2, 0) is 0 Å². The Hall–Kier alpha value is -2.04. The first kappa shape index (κ1) is 14.4. The highest BCUT2D eigenvalue weighted by Gasteiger charge is 2.16. The molecule has 1 aromatic heterocycles. The van der Waals surface area contributed by atoms with Crippen LogP contribution >= 0.6 is 0 Å². The van der Waals surface area contributed by atoms with E-state index in [2.05, 4.69) is 15.3 Å². The molecule has 1 heterocycles. The average Bonchev–Trinajstić information content (AvgIpc) is 2.38. The lowest BCUT2D eigenvalue weighted by molar-refractivity contribution is 0.588. The molecule has 106 valence electrons. The minimum absolute atomic E-state index is 0.0715. The Balaban J connectivity index is 2.61. The molecule has 0 aliphatic rings. The topological polar surface area (TPSA) is 37.8 Å². The fourth-order valence-electron chi connectivity index (χ4n) is 1.87. The van der Waals surface area contributed by atoms with Gasteiger partial charge in [0.15, 0.2) is 0 Å². The molecule has 0 spiro atoms. The van der Waals surface area contributed by atoms with Crippen LogP contribution in [0.15, 0.2) is 24.3 Å². The molecular formula is C15H17F2N3. The van der Waals surface area contributed by atoms with Crippen molar-refractivity contribution >= 4 is 5.82 Å². The molecule has 0 unspecified atom stereocenters. The molecule has 0 radical (unpaired) electrons. The number of hydrogen-bond donors (Lipinski definition) is 1. The van der Waals surface area contributed by atoms with Crippen LogP contribution in [0.25, 0.3) is 11.3 Å². The Morgan fingerprint density at radius 2 is 1.80 bits per heavy atom. The van der Waals surface area contributed by atoms with Crippen molar-refractivity contribution in [1.82, 2.24) is 9.97 Å². The van der Waals surface area contributed by atoms with Crippen LogP contribution in [0.2, 0.25) is 0 Å². The summed E-state index contributed by atoms with van der Waals surface area (Å²) in [5.41, 5.74) is 0.145. The summed E-state index contributed by atoms with van der Waals surface area (Å²) in [4.78, 5) is 8.62. The highest BCUT2D eigenvalue weighted by molar-refractivity contribution is 5.64. The van der Waals surface area contributed by atoms with E-state index in [1.807, 2.05) is 20.8 Å². The van der Waals surface area contributed by atoms with E-state index in [0.29, 0.717) is 18.2 Å². The Kier molecular flexibility index (Phi) is 4.27. The monoisotopic (exact) mass is 277 g/mol. The molecule has 2 rings (SSSR count). The van der Waals surface area contributed by atoms with Crippen LogP contribution < -0.4 is 5.32 Å². The van der Waals surface area contributed by atoms with Crippen LogP contribution in [0.3, 0.4) is 0 Å². The largest absolute Gasteiger partial charge is 0.370 e. The zero-order chi connectivity index (χ0) is 14.7. The van der Waals surface area contributed by atoms with Crippen molar-refractivity contribution in [2.75, 3.05) is 11.9 Å². The van der Waals surface area contributed by atoms with Gasteiger partial charge in [0.05, 0.1) is 11.3 Å². The molecule has 0 saturated carbocycles. The van der Waals surface area contributed by atoms with Crippen molar-refractivity contribution < 1.29 is 8.78 Å². The van der Waals surface area contributed by atoms with E-state index in [4.69, 9.17) is 0 Å². The van der Waals surface area contributed by atoms with E-state index in [1.165, 1.54) is 18.2 Å². The van der Waals surface area contributed by atoms with Crippen LogP contribution in [-0.4, -0.2) is 16.5 Å². The number of benzene rings is 1. The number of nitrogens with one attached hydrogen (secondary N) is 1. The van der Waals surface area contributed by atoms with Crippen molar-refractivity contribution in [2.24, 2.45) is 0 Å². The van der Waals surface area contributed by atoms with Gasteiger partial charge in [-0.25, -0.2) is 18.7 Å². The highest BCUT2D eigenvalue weighted by atomic mass is 19.1. The molecular weight excluding hydrogens is 260 g/mol. The van der Waals surface area contributed by atoms with Gasteiger partial charge in [-0.2, -0.15) is 0 Å². The van der Waals surface area contributed by atoms with Crippen LogP contribution in [0.4, 0.5) is 14.6 Å². The molecule has 3 nitrogen and oxygen atoms in total. The van der Waals surface area contributed by atoms with Gasteiger partial charge in [0, 0.05) is 18.5 Å². The van der Waals surface area contributed by atoms with E-state index in [-0.39, 0.29) is 17.2 Å². The zero-order valence-corrected chi connectivity index (χ0v) is 11.7. The highest BCUT2D eigenvalue weighted by Crippen LogP contribution is 2.27. The third kappa shape index (κ3) is 2.92. The van der Waals surface area contributed by atoms with E-state index in [1.54, 1.807) is 6.07 Å². The Bertz CT molecular complexity index is 592. The van der Waals surface area contributed by atoms with Gasteiger partial charge in [0.25, 0.3) is 0 Å². The standard InChI is InChI=1S/C15H17F2N3/c1-4-18-13-8-12(19-15(20-13)9(2)3)14-10(16)6-5-7-11(14)17/h5-9H,4H2,1-3H3,(H,18,19,20). The second kappa shape index (κ2) is 5.94. The maximum absolute atomic E-state index is 13.9. The van der Waals surface area contributed by atoms with Gasteiger partial charge in [-0.1, -0.05) is 19.9 Å². The van der Waals surface area contributed by atoms with Crippen molar-refractivity contribution in [3.63, 3.8) is 0 Å². The summed E-state index contributed by atoms with van der Waals surface area (Å²) >= 11 is 0. The third-order valence-electron chi connectivity index (χ3n) is 2.84. The van der Waals surface area contributed by atoms with Gasteiger partial charge in [0.2, 0.25) is 0 Å². The SMILES string of the molecule is CCNc1cc(-c2c(F)cccc2F)nc(C(C)C)n1. The molecule has 2 aromatic rings. The Morgan fingerprint density at radius 3 is 2.35 bits per heavy atom. The van der Waals surface area contributed by atoms with Gasteiger partial charge in [-0.15, -0.1) is 0 Å². The number of aromatic nitrogens is 2. The summed E-state index contributed by atoms with van der Waals surface area (Å²) in [6.45, 7) is 6.48. The smallest absolute Gasteiger partial charge is 0.135 e. The molecule has 0 saturated heterocycles. The van der Waals surface area contributed by atoms with Crippen LogP contribution in [0.5, 0.6) is 0 Å². The van der Waals surface area contributed by atoms with Gasteiger partial charge < -0.3 is 5.32 Å². The molecule has 0 fully saturated rings. The van der Waals surface area contributed by atoms with Crippen molar-refractivity contribution in [2.45, 2.75) is 26.7 Å². The Labute approximate surface area is 117 Å². The molecule has 1 aromatic carbocycles. The van der Waals surface area contributed by atoms with Gasteiger partial charge in [0.1, 0.15) is 23.3 Å².